The lowest BCUT2D eigenvalue weighted by Crippen LogP contribution is -3.06. The number of rotatable bonds is 6. The number of sulfonamides is 1. The summed E-state index contributed by atoms with van der Waals surface area (Å²) in [6.45, 7) is 3.25. The Labute approximate surface area is 124 Å². The molecule has 1 rings (SSSR count). The molecule has 0 amide bonds. The van der Waals surface area contributed by atoms with E-state index in [2.05, 4.69) is 4.72 Å². The third-order valence-corrected chi connectivity index (χ3v) is 4.70. The van der Waals surface area contributed by atoms with Crippen LogP contribution >= 0.6 is 23.2 Å². The normalized spacial score (nSPS) is 13.8. The molecule has 0 aliphatic heterocycles. The van der Waals surface area contributed by atoms with Gasteiger partial charge in [0.2, 0.25) is 10.0 Å². The number of hydrogen-bond acceptors (Lipinski definition) is 2. The molecule has 0 aliphatic carbocycles. The van der Waals surface area contributed by atoms with Gasteiger partial charge in [0, 0.05) is 17.5 Å². The maximum atomic E-state index is 12.1. The van der Waals surface area contributed by atoms with Crippen molar-refractivity contribution in [2.24, 2.45) is 5.92 Å². The van der Waals surface area contributed by atoms with Gasteiger partial charge in [-0.15, -0.1) is 0 Å². The summed E-state index contributed by atoms with van der Waals surface area (Å²) >= 11 is 11.7. The quantitative estimate of drug-likeness (QED) is 0.821. The Morgan fingerprint density at radius 1 is 1.32 bits per heavy atom. The summed E-state index contributed by atoms with van der Waals surface area (Å²) in [5, 5.41) is 0.512. The summed E-state index contributed by atoms with van der Waals surface area (Å²) < 4.78 is 26.8. The Morgan fingerprint density at radius 2 is 1.95 bits per heavy atom. The molecular weight excluding hydrogens is 307 g/mol. The van der Waals surface area contributed by atoms with E-state index in [0.717, 1.165) is 6.54 Å². The molecule has 4 nitrogen and oxygen atoms in total. The van der Waals surface area contributed by atoms with Crippen LogP contribution in [0, 0.1) is 5.92 Å². The molecule has 0 saturated heterocycles. The van der Waals surface area contributed by atoms with Crippen molar-refractivity contribution in [3.63, 3.8) is 0 Å². The summed E-state index contributed by atoms with van der Waals surface area (Å²) in [5.41, 5.74) is 0. The first-order valence-corrected chi connectivity index (χ1v) is 8.20. The average Bonchev–Trinajstić information content (AvgIpc) is 2.29. The third-order valence-electron chi connectivity index (χ3n) is 2.56. The third kappa shape index (κ3) is 5.28. The maximum absolute atomic E-state index is 12.1. The molecule has 19 heavy (non-hydrogen) atoms. The van der Waals surface area contributed by atoms with Crippen LogP contribution in [0.5, 0.6) is 0 Å². The fraction of sp³-hybridized carbons (Fsp3) is 0.500. The standard InChI is InChI=1S/C12H18Cl2N2O2S/c1-9(8-16(2)3)7-15-19(17,18)12-6-10(13)4-5-11(12)14/h4-6,9,15H,7-8H2,1-3H3/p+1/t9-/m1/s1. The highest BCUT2D eigenvalue weighted by molar-refractivity contribution is 7.89. The molecule has 2 N–H and O–H groups in total. The van der Waals surface area contributed by atoms with Crippen molar-refractivity contribution in [1.82, 2.24) is 4.72 Å². The van der Waals surface area contributed by atoms with Gasteiger partial charge in [0.15, 0.2) is 0 Å². The van der Waals surface area contributed by atoms with Gasteiger partial charge in [0.1, 0.15) is 4.90 Å². The number of hydrogen-bond donors (Lipinski definition) is 2. The van der Waals surface area contributed by atoms with Crippen molar-refractivity contribution in [2.45, 2.75) is 11.8 Å². The second-order valence-electron chi connectivity index (χ2n) is 4.94. The van der Waals surface area contributed by atoms with Gasteiger partial charge < -0.3 is 4.90 Å². The molecule has 1 aromatic carbocycles. The summed E-state index contributed by atoms with van der Waals surface area (Å²) in [6, 6.07) is 4.39. The Hall–Kier alpha value is -0.330. The molecule has 0 heterocycles. The summed E-state index contributed by atoms with van der Waals surface area (Å²) in [4.78, 5) is 1.29. The summed E-state index contributed by atoms with van der Waals surface area (Å²) in [6.07, 6.45) is 0. The van der Waals surface area contributed by atoms with E-state index in [1.807, 2.05) is 21.0 Å². The number of quaternary nitrogens is 1. The molecule has 0 radical (unpaired) electrons. The second-order valence-corrected chi connectivity index (χ2v) is 7.52. The van der Waals surface area contributed by atoms with Crippen molar-refractivity contribution in [2.75, 3.05) is 27.2 Å². The fourth-order valence-electron chi connectivity index (χ4n) is 1.78. The lowest BCUT2D eigenvalue weighted by Gasteiger charge is -2.15. The zero-order valence-electron chi connectivity index (χ0n) is 11.2. The van der Waals surface area contributed by atoms with E-state index in [1.54, 1.807) is 6.07 Å². The van der Waals surface area contributed by atoms with Gasteiger partial charge in [-0.25, -0.2) is 13.1 Å². The van der Waals surface area contributed by atoms with E-state index < -0.39 is 10.0 Å². The van der Waals surface area contributed by atoms with Crippen molar-refractivity contribution in [1.29, 1.82) is 0 Å². The number of nitrogens with one attached hydrogen (secondary N) is 2. The van der Waals surface area contributed by atoms with E-state index in [1.165, 1.54) is 17.0 Å². The first-order chi connectivity index (χ1) is 8.72. The zero-order chi connectivity index (χ0) is 14.6. The summed E-state index contributed by atoms with van der Waals surface area (Å²) in [5.74, 6) is 0.234. The SMILES string of the molecule is C[C@H](CNS(=O)(=O)c1cc(Cl)ccc1Cl)C[NH+](C)C. The molecule has 0 fully saturated rings. The van der Waals surface area contributed by atoms with Crippen LogP contribution in [0.3, 0.4) is 0 Å². The second kappa shape index (κ2) is 6.90. The molecule has 0 spiro atoms. The van der Waals surface area contributed by atoms with E-state index in [9.17, 15) is 8.42 Å². The first kappa shape index (κ1) is 16.7. The highest BCUT2D eigenvalue weighted by Gasteiger charge is 2.19. The van der Waals surface area contributed by atoms with Gasteiger partial charge in [0.05, 0.1) is 25.7 Å². The topological polar surface area (TPSA) is 50.6 Å². The predicted molar refractivity (Wildman–Crippen MR) is 78.5 cm³/mol. The molecule has 1 aromatic rings. The van der Waals surface area contributed by atoms with Crippen LogP contribution in [-0.2, 0) is 10.0 Å². The van der Waals surface area contributed by atoms with Crippen LogP contribution in [0.1, 0.15) is 6.92 Å². The Bertz CT molecular complexity index is 533. The predicted octanol–water partition coefficient (Wildman–Crippen LogP) is 1.05. The fourth-order valence-corrected chi connectivity index (χ4v) is 3.71. The van der Waals surface area contributed by atoms with Gasteiger partial charge in [-0.3, -0.25) is 0 Å². The van der Waals surface area contributed by atoms with Gasteiger partial charge in [0.25, 0.3) is 0 Å². The van der Waals surface area contributed by atoms with Crippen LogP contribution in [0.4, 0.5) is 0 Å². The monoisotopic (exact) mass is 325 g/mol. The Balaban J connectivity index is 2.79. The first-order valence-electron chi connectivity index (χ1n) is 5.96. The molecule has 108 valence electrons. The van der Waals surface area contributed by atoms with Gasteiger partial charge in [-0.05, 0) is 18.2 Å². The smallest absolute Gasteiger partial charge is 0.242 e. The highest BCUT2D eigenvalue weighted by atomic mass is 35.5. The number of benzene rings is 1. The van der Waals surface area contributed by atoms with Crippen LogP contribution in [0.15, 0.2) is 23.1 Å². The Morgan fingerprint density at radius 3 is 2.53 bits per heavy atom. The molecule has 0 aliphatic rings. The minimum atomic E-state index is -3.62. The average molecular weight is 326 g/mol. The highest BCUT2D eigenvalue weighted by Crippen LogP contribution is 2.24. The molecule has 0 aromatic heterocycles. The van der Waals surface area contributed by atoms with E-state index >= 15 is 0 Å². The lowest BCUT2D eigenvalue weighted by molar-refractivity contribution is -0.861. The van der Waals surface area contributed by atoms with E-state index in [4.69, 9.17) is 23.2 Å². The summed E-state index contributed by atoms with van der Waals surface area (Å²) in [7, 11) is 0.433. The molecule has 7 heteroatoms. The zero-order valence-corrected chi connectivity index (χ0v) is 13.5. The molecular formula is C12H19Cl2N2O2S+. The van der Waals surface area contributed by atoms with Crippen molar-refractivity contribution in [3.8, 4) is 0 Å². The molecule has 1 atom stereocenters. The van der Waals surface area contributed by atoms with Crippen LogP contribution in [0.25, 0.3) is 0 Å². The van der Waals surface area contributed by atoms with E-state index in [0.29, 0.717) is 11.6 Å². The van der Waals surface area contributed by atoms with Crippen molar-refractivity contribution < 1.29 is 13.3 Å². The van der Waals surface area contributed by atoms with Crippen molar-refractivity contribution >= 4 is 33.2 Å². The molecule has 0 unspecified atom stereocenters. The van der Waals surface area contributed by atoms with Crippen LogP contribution in [0.2, 0.25) is 10.0 Å². The minimum absolute atomic E-state index is 0.0195. The number of halogens is 2. The van der Waals surface area contributed by atoms with Gasteiger partial charge >= 0.3 is 0 Å². The van der Waals surface area contributed by atoms with Gasteiger partial charge in [-0.2, -0.15) is 0 Å². The van der Waals surface area contributed by atoms with E-state index in [-0.39, 0.29) is 15.8 Å². The van der Waals surface area contributed by atoms with Crippen molar-refractivity contribution in [3.05, 3.63) is 28.2 Å². The minimum Gasteiger partial charge on any atom is -0.340 e. The maximum Gasteiger partial charge on any atom is 0.242 e. The van der Waals surface area contributed by atoms with Crippen LogP contribution < -0.4 is 9.62 Å². The van der Waals surface area contributed by atoms with Gasteiger partial charge in [-0.1, -0.05) is 30.1 Å². The lowest BCUT2D eigenvalue weighted by atomic mass is 10.2. The van der Waals surface area contributed by atoms with Crippen LogP contribution in [-0.4, -0.2) is 35.6 Å². The Kier molecular flexibility index (Phi) is 6.08. The molecule has 0 saturated carbocycles. The molecule has 0 bridgehead atoms. The largest absolute Gasteiger partial charge is 0.340 e.